The van der Waals surface area contributed by atoms with Crippen LogP contribution in [0.25, 0.3) is 0 Å². The molecule has 4 heteroatoms. The van der Waals surface area contributed by atoms with Gasteiger partial charge in [-0.05, 0) is 11.9 Å². The molecule has 1 aliphatic rings. The number of nitrogens with two attached hydrogens (primary N) is 1. The lowest BCUT2D eigenvalue weighted by molar-refractivity contribution is 0.715. The molecule has 12 heavy (non-hydrogen) atoms. The zero-order valence-electron chi connectivity index (χ0n) is 6.40. The van der Waals surface area contributed by atoms with Gasteiger partial charge in [-0.2, -0.15) is 0 Å². The fourth-order valence-corrected chi connectivity index (χ4v) is 1.71. The number of nitrogens with zero attached hydrogens (tertiary/aromatic N) is 1. The van der Waals surface area contributed by atoms with E-state index in [1.165, 1.54) is 11.9 Å². The fourth-order valence-electron chi connectivity index (χ4n) is 1.01. The zero-order valence-corrected chi connectivity index (χ0v) is 7.21. The molecule has 3 nitrogen and oxygen atoms in total. The molecule has 1 aliphatic heterocycles. The lowest BCUT2D eigenvalue weighted by Gasteiger charge is -1.95. The second-order valence-corrected chi connectivity index (χ2v) is 3.29. The minimum absolute atomic E-state index is 0.259. The van der Waals surface area contributed by atoms with Gasteiger partial charge in [0.1, 0.15) is 5.04 Å². The van der Waals surface area contributed by atoms with Crippen LogP contribution in [0.1, 0.15) is 5.56 Å². The average molecular weight is 179 g/mol. The summed E-state index contributed by atoms with van der Waals surface area (Å²) in [7, 11) is 0. The summed E-state index contributed by atoms with van der Waals surface area (Å²) in [5, 5.41) is 0.961. The minimum atomic E-state index is -0.259. The molecule has 0 saturated heterocycles. The van der Waals surface area contributed by atoms with Gasteiger partial charge in [0.05, 0.1) is 0 Å². The van der Waals surface area contributed by atoms with Gasteiger partial charge in [0.2, 0.25) is 0 Å². The smallest absolute Gasteiger partial charge is 0.161 e. The monoisotopic (exact) mass is 179 g/mol. The summed E-state index contributed by atoms with van der Waals surface area (Å²) >= 11 is 1.48. The number of hydrogen-bond acceptors (Lipinski definition) is 4. The highest BCUT2D eigenvalue weighted by Gasteiger charge is 2.14. The maximum atomic E-state index is 5.54. The van der Waals surface area contributed by atoms with E-state index in [2.05, 4.69) is 9.71 Å². The first kappa shape index (κ1) is 7.79. The van der Waals surface area contributed by atoms with Crippen LogP contribution in [0.2, 0.25) is 0 Å². The van der Waals surface area contributed by atoms with E-state index in [9.17, 15) is 0 Å². The van der Waals surface area contributed by atoms with Crippen LogP contribution in [0.3, 0.4) is 0 Å². The molecule has 1 aromatic carbocycles. The van der Waals surface area contributed by atoms with Crippen molar-refractivity contribution in [3.63, 3.8) is 0 Å². The molecule has 3 N–H and O–H groups in total. The zero-order chi connectivity index (χ0) is 8.39. The van der Waals surface area contributed by atoms with Crippen LogP contribution in [-0.2, 0) is 0 Å². The summed E-state index contributed by atoms with van der Waals surface area (Å²) in [6, 6.07) is 10.00. The Morgan fingerprint density at radius 3 is 2.67 bits per heavy atom. The van der Waals surface area contributed by atoms with Gasteiger partial charge >= 0.3 is 0 Å². The van der Waals surface area contributed by atoms with E-state index in [4.69, 9.17) is 5.73 Å². The van der Waals surface area contributed by atoms with Gasteiger partial charge < -0.3 is 0 Å². The molecule has 1 unspecified atom stereocenters. The Morgan fingerprint density at radius 1 is 1.33 bits per heavy atom. The Morgan fingerprint density at radius 2 is 2.08 bits per heavy atom. The van der Waals surface area contributed by atoms with Gasteiger partial charge in [0.25, 0.3) is 0 Å². The normalized spacial score (nSPS) is 22.4. The van der Waals surface area contributed by atoms with Gasteiger partial charge in [-0.1, -0.05) is 30.3 Å². The van der Waals surface area contributed by atoms with E-state index < -0.39 is 0 Å². The molecule has 62 valence electrons. The second-order valence-electron chi connectivity index (χ2n) is 2.47. The molecule has 0 aliphatic carbocycles. The van der Waals surface area contributed by atoms with Crippen molar-refractivity contribution in [1.29, 1.82) is 0 Å². The molecule has 1 aromatic rings. The molecule has 1 heterocycles. The van der Waals surface area contributed by atoms with Crippen LogP contribution in [0.5, 0.6) is 0 Å². The molecular formula is C8H9N3S. The van der Waals surface area contributed by atoms with Crippen LogP contribution in [-0.4, -0.2) is 11.3 Å². The Balaban J connectivity index is 2.27. The van der Waals surface area contributed by atoms with E-state index in [1.54, 1.807) is 0 Å². The third-order valence-corrected chi connectivity index (χ3v) is 2.45. The van der Waals surface area contributed by atoms with E-state index in [-0.39, 0.29) is 6.29 Å². The quantitative estimate of drug-likeness (QED) is 0.630. The highest BCUT2D eigenvalue weighted by molar-refractivity contribution is 8.13. The predicted octanol–water partition coefficient (Wildman–Crippen LogP) is 0.927. The Labute approximate surface area is 75.2 Å². The van der Waals surface area contributed by atoms with Crippen molar-refractivity contribution in [2.45, 2.75) is 6.29 Å². The Kier molecular flexibility index (Phi) is 2.12. The SMILES string of the molecule is NC1N=C(c2ccccc2)SN1. The van der Waals surface area contributed by atoms with Crippen molar-refractivity contribution in [3.05, 3.63) is 35.9 Å². The summed E-state index contributed by atoms with van der Waals surface area (Å²) in [6.45, 7) is 0. The van der Waals surface area contributed by atoms with Gasteiger partial charge in [-0.25, -0.2) is 9.71 Å². The second kappa shape index (κ2) is 3.26. The third-order valence-electron chi connectivity index (χ3n) is 1.55. The maximum Gasteiger partial charge on any atom is 0.161 e. The first-order chi connectivity index (χ1) is 5.86. The van der Waals surface area contributed by atoms with Crippen LogP contribution in [0.15, 0.2) is 35.3 Å². The Bertz CT molecular complexity index is 296. The molecule has 0 spiro atoms. The topological polar surface area (TPSA) is 50.4 Å². The summed E-state index contributed by atoms with van der Waals surface area (Å²) in [5.41, 5.74) is 6.66. The van der Waals surface area contributed by atoms with E-state index >= 15 is 0 Å². The van der Waals surface area contributed by atoms with Gasteiger partial charge in [-0.3, -0.25) is 5.73 Å². The number of benzene rings is 1. The molecule has 0 amide bonds. The van der Waals surface area contributed by atoms with Crippen molar-refractivity contribution in [2.24, 2.45) is 10.7 Å². The third kappa shape index (κ3) is 1.50. The minimum Gasteiger partial charge on any atom is -0.297 e. The van der Waals surface area contributed by atoms with Crippen molar-refractivity contribution in [1.82, 2.24) is 4.72 Å². The largest absolute Gasteiger partial charge is 0.297 e. The van der Waals surface area contributed by atoms with Crippen LogP contribution >= 0.6 is 11.9 Å². The summed E-state index contributed by atoms with van der Waals surface area (Å²) < 4.78 is 2.96. The first-order valence-electron chi connectivity index (χ1n) is 3.67. The molecule has 0 radical (unpaired) electrons. The maximum absolute atomic E-state index is 5.54. The summed E-state index contributed by atoms with van der Waals surface area (Å²) in [5.74, 6) is 0. The highest BCUT2D eigenvalue weighted by Crippen LogP contribution is 2.16. The number of aliphatic imine (C=N–C) groups is 1. The summed E-state index contributed by atoms with van der Waals surface area (Å²) in [6.07, 6.45) is -0.259. The van der Waals surface area contributed by atoms with Gasteiger partial charge in [-0.15, -0.1) is 0 Å². The van der Waals surface area contributed by atoms with Crippen LogP contribution in [0.4, 0.5) is 0 Å². The summed E-state index contributed by atoms with van der Waals surface area (Å²) in [4.78, 5) is 4.20. The molecule has 0 aromatic heterocycles. The standard InChI is InChI=1S/C8H9N3S/c9-8-10-7(12-11-8)6-4-2-1-3-5-6/h1-5,8,11H,9H2. The van der Waals surface area contributed by atoms with E-state index in [0.29, 0.717) is 0 Å². The van der Waals surface area contributed by atoms with Crippen molar-refractivity contribution in [2.75, 3.05) is 0 Å². The molecule has 0 saturated carbocycles. The van der Waals surface area contributed by atoms with Crippen LogP contribution < -0.4 is 10.5 Å². The number of hydrogen-bond donors (Lipinski definition) is 2. The lowest BCUT2D eigenvalue weighted by Crippen LogP contribution is -2.25. The number of rotatable bonds is 1. The van der Waals surface area contributed by atoms with Gasteiger partial charge in [0.15, 0.2) is 6.29 Å². The van der Waals surface area contributed by atoms with E-state index in [0.717, 1.165) is 10.6 Å². The Hall–Kier alpha value is -0.840. The van der Waals surface area contributed by atoms with Crippen LogP contribution in [0, 0.1) is 0 Å². The molecular weight excluding hydrogens is 170 g/mol. The average Bonchev–Trinajstić information content (AvgIpc) is 2.54. The molecule has 0 bridgehead atoms. The fraction of sp³-hybridized carbons (Fsp3) is 0.125. The molecule has 0 fully saturated rings. The first-order valence-corrected chi connectivity index (χ1v) is 4.49. The van der Waals surface area contributed by atoms with Crippen molar-refractivity contribution < 1.29 is 0 Å². The lowest BCUT2D eigenvalue weighted by atomic mass is 10.2. The molecule has 1 atom stereocenters. The predicted molar refractivity (Wildman–Crippen MR) is 51.7 cm³/mol. The van der Waals surface area contributed by atoms with Crippen molar-refractivity contribution in [3.8, 4) is 0 Å². The van der Waals surface area contributed by atoms with E-state index in [1.807, 2.05) is 30.3 Å². The number of nitrogens with one attached hydrogen (secondary N) is 1. The van der Waals surface area contributed by atoms with Crippen molar-refractivity contribution >= 4 is 17.0 Å². The highest BCUT2D eigenvalue weighted by atomic mass is 32.2. The molecule has 2 rings (SSSR count). The van der Waals surface area contributed by atoms with Gasteiger partial charge in [0, 0.05) is 5.56 Å².